The van der Waals surface area contributed by atoms with Crippen molar-refractivity contribution in [2.75, 3.05) is 13.2 Å². The third kappa shape index (κ3) is 2.66. The number of aldehydes is 1. The highest BCUT2D eigenvalue weighted by Gasteiger charge is 2.32. The molecule has 1 heterocycles. The molecule has 0 amide bonds. The predicted molar refractivity (Wildman–Crippen MR) is 52.6 cm³/mol. The minimum absolute atomic E-state index is 0.161. The highest BCUT2D eigenvalue weighted by molar-refractivity contribution is 5.60. The van der Waals surface area contributed by atoms with Gasteiger partial charge in [0.1, 0.15) is 6.29 Å². The van der Waals surface area contributed by atoms with Crippen LogP contribution in [-0.4, -0.2) is 19.5 Å². The number of allylic oxidation sites excluding steroid dienone is 1. The van der Waals surface area contributed by atoms with Gasteiger partial charge in [0.15, 0.2) is 0 Å². The highest BCUT2D eigenvalue weighted by atomic mass is 16.5. The van der Waals surface area contributed by atoms with Crippen molar-refractivity contribution in [3.63, 3.8) is 0 Å². The smallest absolute Gasteiger partial charge is 0.126 e. The van der Waals surface area contributed by atoms with Gasteiger partial charge in [-0.2, -0.15) is 0 Å². The summed E-state index contributed by atoms with van der Waals surface area (Å²) in [6, 6.07) is 0. The normalized spacial score (nSPS) is 21.0. The van der Waals surface area contributed by atoms with Crippen LogP contribution in [-0.2, 0) is 9.53 Å². The molecule has 0 aliphatic carbocycles. The lowest BCUT2D eigenvalue weighted by atomic mass is 9.76. The molecule has 13 heavy (non-hydrogen) atoms. The lowest BCUT2D eigenvalue weighted by molar-refractivity contribution is -0.121. The van der Waals surface area contributed by atoms with E-state index >= 15 is 0 Å². The summed E-state index contributed by atoms with van der Waals surface area (Å²) in [5.41, 5.74) is 1.01. The monoisotopic (exact) mass is 182 g/mol. The Morgan fingerprint density at radius 1 is 1.54 bits per heavy atom. The highest BCUT2D eigenvalue weighted by Crippen LogP contribution is 2.34. The first kappa shape index (κ1) is 10.5. The lowest BCUT2D eigenvalue weighted by Gasteiger charge is -2.32. The molecule has 1 rings (SSSR count). The third-order valence-electron chi connectivity index (χ3n) is 2.84. The van der Waals surface area contributed by atoms with Crippen molar-refractivity contribution in [1.29, 1.82) is 0 Å². The number of carbonyl (C=O) groups is 1. The number of ether oxygens (including phenoxy) is 1. The fourth-order valence-electron chi connectivity index (χ4n) is 1.74. The zero-order chi connectivity index (χ0) is 9.73. The van der Waals surface area contributed by atoms with Gasteiger partial charge < -0.3 is 9.53 Å². The van der Waals surface area contributed by atoms with Crippen molar-refractivity contribution < 1.29 is 9.53 Å². The minimum Gasteiger partial charge on any atom is -0.381 e. The van der Waals surface area contributed by atoms with Crippen LogP contribution in [0.1, 0.15) is 32.6 Å². The number of hydrogen-bond donors (Lipinski definition) is 0. The van der Waals surface area contributed by atoms with Gasteiger partial charge >= 0.3 is 0 Å². The van der Waals surface area contributed by atoms with E-state index in [9.17, 15) is 4.79 Å². The summed E-state index contributed by atoms with van der Waals surface area (Å²) in [5, 5.41) is 0. The lowest BCUT2D eigenvalue weighted by Crippen LogP contribution is -2.31. The Labute approximate surface area is 80.0 Å². The van der Waals surface area contributed by atoms with E-state index in [2.05, 4.69) is 13.5 Å². The molecule has 0 radical (unpaired) electrons. The maximum absolute atomic E-state index is 11.0. The molecule has 0 bridgehead atoms. The van der Waals surface area contributed by atoms with Crippen molar-refractivity contribution in [3.05, 3.63) is 12.2 Å². The zero-order valence-corrected chi connectivity index (χ0v) is 8.34. The van der Waals surface area contributed by atoms with E-state index in [4.69, 9.17) is 4.74 Å². The fourth-order valence-corrected chi connectivity index (χ4v) is 1.74. The van der Waals surface area contributed by atoms with Crippen LogP contribution in [0.25, 0.3) is 0 Å². The van der Waals surface area contributed by atoms with Gasteiger partial charge in [-0.05, 0) is 25.7 Å². The van der Waals surface area contributed by atoms with Crippen molar-refractivity contribution in [2.24, 2.45) is 5.41 Å². The molecule has 1 aliphatic heterocycles. The van der Waals surface area contributed by atoms with Crippen LogP contribution in [0.2, 0.25) is 0 Å². The van der Waals surface area contributed by atoms with Crippen LogP contribution >= 0.6 is 0 Å². The van der Waals surface area contributed by atoms with Gasteiger partial charge in [0.25, 0.3) is 0 Å². The Morgan fingerprint density at radius 2 is 2.15 bits per heavy atom. The van der Waals surface area contributed by atoms with E-state index < -0.39 is 0 Å². The molecule has 0 N–H and O–H groups in total. The molecule has 0 aromatic rings. The fraction of sp³-hybridized carbons (Fsp3) is 0.727. The largest absolute Gasteiger partial charge is 0.381 e. The van der Waals surface area contributed by atoms with Gasteiger partial charge in [0.2, 0.25) is 0 Å². The summed E-state index contributed by atoms with van der Waals surface area (Å²) in [6.45, 7) is 7.48. The topological polar surface area (TPSA) is 26.3 Å². The van der Waals surface area contributed by atoms with Crippen LogP contribution < -0.4 is 0 Å². The van der Waals surface area contributed by atoms with E-state index in [-0.39, 0.29) is 5.41 Å². The summed E-state index contributed by atoms with van der Waals surface area (Å²) in [7, 11) is 0. The van der Waals surface area contributed by atoms with E-state index in [1.54, 1.807) is 0 Å². The first-order valence-corrected chi connectivity index (χ1v) is 4.93. The molecule has 0 aromatic heterocycles. The maximum Gasteiger partial charge on any atom is 0.126 e. The van der Waals surface area contributed by atoms with Gasteiger partial charge in [0, 0.05) is 18.6 Å². The number of carbonyl (C=O) groups excluding carboxylic acids is 1. The Kier molecular flexibility index (Phi) is 3.67. The van der Waals surface area contributed by atoms with Crippen molar-refractivity contribution in [3.8, 4) is 0 Å². The summed E-state index contributed by atoms with van der Waals surface area (Å²) in [4.78, 5) is 11.0. The first-order chi connectivity index (χ1) is 6.22. The average molecular weight is 182 g/mol. The van der Waals surface area contributed by atoms with Crippen LogP contribution in [0, 0.1) is 5.41 Å². The second-order valence-corrected chi connectivity index (χ2v) is 3.87. The van der Waals surface area contributed by atoms with E-state index in [0.717, 1.165) is 45.2 Å². The Hall–Kier alpha value is -0.630. The van der Waals surface area contributed by atoms with E-state index in [0.29, 0.717) is 0 Å². The van der Waals surface area contributed by atoms with Crippen LogP contribution in [0.15, 0.2) is 12.2 Å². The van der Waals surface area contributed by atoms with Crippen LogP contribution in [0.4, 0.5) is 0 Å². The second kappa shape index (κ2) is 4.56. The second-order valence-electron chi connectivity index (χ2n) is 3.87. The van der Waals surface area contributed by atoms with Gasteiger partial charge in [-0.3, -0.25) is 0 Å². The van der Waals surface area contributed by atoms with Crippen molar-refractivity contribution in [2.45, 2.75) is 32.6 Å². The van der Waals surface area contributed by atoms with Crippen molar-refractivity contribution >= 4 is 6.29 Å². The Bertz CT molecular complexity index is 190. The molecule has 0 atom stereocenters. The Morgan fingerprint density at radius 3 is 2.62 bits per heavy atom. The zero-order valence-electron chi connectivity index (χ0n) is 8.34. The van der Waals surface area contributed by atoms with Gasteiger partial charge in [0.05, 0.1) is 0 Å². The summed E-state index contributed by atoms with van der Waals surface area (Å²) in [6.07, 6.45) is 4.63. The minimum atomic E-state index is -0.161. The van der Waals surface area contributed by atoms with Gasteiger partial charge in [-0.1, -0.05) is 19.1 Å². The molecule has 0 aromatic carbocycles. The van der Waals surface area contributed by atoms with E-state index in [1.165, 1.54) is 5.57 Å². The standard InChI is InChI=1S/C11H18O2/c1-3-10(2)8-11(9-12)4-6-13-7-5-11/h9H,2-8H2,1H3. The predicted octanol–water partition coefficient (Wildman–Crippen LogP) is 2.34. The molecule has 2 heteroatoms. The summed E-state index contributed by atoms with van der Waals surface area (Å²) < 4.78 is 5.25. The molecule has 0 spiro atoms. The Balaban J connectivity index is 2.57. The summed E-state index contributed by atoms with van der Waals surface area (Å²) >= 11 is 0. The SMILES string of the molecule is C=C(CC)CC1(C=O)CCOCC1. The van der Waals surface area contributed by atoms with Gasteiger partial charge in [-0.15, -0.1) is 0 Å². The molecular formula is C11H18O2. The van der Waals surface area contributed by atoms with Crippen LogP contribution in [0.5, 0.6) is 0 Å². The van der Waals surface area contributed by atoms with Crippen LogP contribution in [0.3, 0.4) is 0 Å². The molecule has 74 valence electrons. The molecule has 0 saturated carbocycles. The average Bonchev–Trinajstić information content (AvgIpc) is 2.19. The molecule has 2 nitrogen and oxygen atoms in total. The van der Waals surface area contributed by atoms with E-state index in [1.807, 2.05) is 0 Å². The number of rotatable bonds is 4. The molecule has 1 saturated heterocycles. The van der Waals surface area contributed by atoms with Gasteiger partial charge in [-0.25, -0.2) is 0 Å². The molecular weight excluding hydrogens is 164 g/mol. The maximum atomic E-state index is 11.0. The first-order valence-electron chi connectivity index (χ1n) is 4.93. The number of hydrogen-bond acceptors (Lipinski definition) is 2. The third-order valence-corrected chi connectivity index (χ3v) is 2.84. The molecule has 0 unspecified atom stereocenters. The molecule has 1 fully saturated rings. The summed E-state index contributed by atoms with van der Waals surface area (Å²) in [5.74, 6) is 0. The van der Waals surface area contributed by atoms with Crippen molar-refractivity contribution in [1.82, 2.24) is 0 Å². The molecule has 1 aliphatic rings. The quantitative estimate of drug-likeness (QED) is 0.492.